The van der Waals surface area contributed by atoms with Crippen LogP contribution in [0.2, 0.25) is 10.0 Å². The average molecular weight is 459 g/mol. The molecule has 0 spiro atoms. The molecular formula is C20H16Cl2N6OS. The first-order valence-electron chi connectivity index (χ1n) is 8.97. The lowest BCUT2D eigenvalue weighted by molar-refractivity contribution is -0.113. The molecule has 7 nitrogen and oxygen atoms in total. The number of halogens is 2. The van der Waals surface area contributed by atoms with Gasteiger partial charge in [0, 0.05) is 5.69 Å². The van der Waals surface area contributed by atoms with Crippen molar-refractivity contribution < 1.29 is 4.79 Å². The fourth-order valence-corrected chi connectivity index (χ4v) is 3.78. The van der Waals surface area contributed by atoms with Crippen LogP contribution in [-0.4, -0.2) is 36.6 Å². The smallest absolute Gasteiger partial charge is 0.234 e. The van der Waals surface area contributed by atoms with E-state index in [-0.39, 0.29) is 11.7 Å². The SMILES string of the molecule is Cc1ccc(Cn2nnc3c(SCC(=O)Nc4ccc(Cl)c(Cl)c4)ncnc32)cc1. The minimum Gasteiger partial charge on any atom is -0.325 e. The quantitative estimate of drug-likeness (QED) is 0.335. The number of carbonyl (C=O) groups is 1. The second-order valence-electron chi connectivity index (χ2n) is 6.55. The summed E-state index contributed by atoms with van der Waals surface area (Å²) in [5, 5.41) is 12.6. The Kier molecular flexibility index (Phi) is 6.17. The van der Waals surface area contributed by atoms with Crippen molar-refractivity contribution in [2.75, 3.05) is 11.1 Å². The summed E-state index contributed by atoms with van der Waals surface area (Å²) in [5.74, 6) is -0.0471. The van der Waals surface area contributed by atoms with Crippen LogP contribution in [0.3, 0.4) is 0 Å². The van der Waals surface area contributed by atoms with Crippen LogP contribution in [-0.2, 0) is 11.3 Å². The van der Waals surface area contributed by atoms with Gasteiger partial charge in [-0.2, -0.15) is 0 Å². The summed E-state index contributed by atoms with van der Waals surface area (Å²) in [6.07, 6.45) is 1.45. The molecule has 0 unspecified atom stereocenters. The second-order valence-corrected chi connectivity index (χ2v) is 8.33. The molecule has 1 amide bonds. The first kappa shape index (κ1) is 20.6. The van der Waals surface area contributed by atoms with Gasteiger partial charge in [0.05, 0.1) is 22.3 Å². The monoisotopic (exact) mass is 458 g/mol. The van der Waals surface area contributed by atoms with Gasteiger partial charge < -0.3 is 5.32 Å². The van der Waals surface area contributed by atoms with E-state index in [4.69, 9.17) is 23.2 Å². The fourth-order valence-electron chi connectivity index (χ4n) is 2.75. The van der Waals surface area contributed by atoms with Crippen LogP contribution in [0, 0.1) is 6.92 Å². The van der Waals surface area contributed by atoms with Crippen LogP contribution >= 0.6 is 35.0 Å². The average Bonchev–Trinajstić information content (AvgIpc) is 3.14. The van der Waals surface area contributed by atoms with E-state index in [0.29, 0.717) is 38.5 Å². The maximum absolute atomic E-state index is 12.3. The molecule has 0 fully saturated rings. The summed E-state index contributed by atoms with van der Waals surface area (Å²) in [6.45, 7) is 2.60. The Labute approximate surface area is 186 Å². The molecule has 0 saturated carbocycles. The molecule has 0 aliphatic heterocycles. The van der Waals surface area contributed by atoms with Crippen LogP contribution in [0.15, 0.2) is 53.8 Å². The van der Waals surface area contributed by atoms with Gasteiger partial charge in [0.25, 0.3) is 0 Å². The minimum absolute atomic E-state index is 0.150. The molecule has 10 heteroatoms. The molecule has 0 saturated heterocycles. The molecule has 152 valence electrons. The maximum atomic E-state index is 12.3. The zero-order chi connectivity index (χ0) is 21.1. The zero-order valence-corrected chi connectivity index (χ0v) is 18.2. The van der Waals surface area contributed by atoms with Gasteiger partial charge in [-0.3, -0.25) is 4.79 Å². The summed E-state index contributed by atoms with van der Waals surface area (Å²) < 4.78 is 1.72. The Balaban J connectivity index is 1.45. The first-order chi connectivity index (χ1) is 14.5. The summed E-state index contributed by atoms with van der Waals surface area (Å²) in [7, 11) is 0. The van der Waals surface area contributed by atoms with E-state index in [1.807, 2.05) is 19.1 Å². The third-order valence-corrected chi connectivity index (χ3v) is 5.98. The molecule has 1 N–H and O–H groups in total. The number of thioether (sulfide) groups is 1. The van der Waals surface area contributed by atoms with Gasteiger partial charge in [-0.15, -0.1) is 5.10 Å². The van der Waals surface area contributed by atoms with E-state index >= 15 is 0 Å². The number of fused-ring (bicyclic) bond motifs is 1. The molecule has 0 aliphatic carbocycles. The molecule has 4 aromatic rings. The van der Waals surface area contributed by atoms with Crippen molar-refractivity contribution in [2.24, 2.45) is 0 Å². The number of carbonyl (C=O) groups excluding carboxylic acids is 1. The van der Waals surface area contributed by atoms with Crippen LogP contribution in [0.4, 0.5) is 5.69 Å². The van der Waals surface area contributed by atoms with E-state index in [2.05, 4.69) is 37.7 Å². The molecule has 2 heterocycles. The van der Waals surface area contributed by atoms with Gasteiger partial charge in [0.1, 0.15) is 11.4 Å². The molecule has 0 bridgehead atoms. The molecule has 2 aromatic heterocycles. The maximum Gasteiger partial charge on any atom is 0.234 e. The highest BCUT2D eigenvalue weighted by molar-refractivity contribution is 8.00. The largest absolute Gasteiger partial charge is 0.325 e. The van der Waals surface area contributed by atoms with Crippen molar-refractivity contribution in [1.82, 2.24) is 25.0 Å². The van der Waals surface area contributed by atoms with Crippen LogP contribution < -0.4 is 5.32 Å². The number of anilines is 1. The van der Waals surface area contributed by atoms with E-state index < -0.39 is 0 Å². The van der Waals surface area contributed by atoms with E-state index in [9.17, 15) is 4.79 Å². The van der Waals surface area contributed by atoms with Gasteiger partial charge in [-0.1, -0.05) is 70.0 Å². The predicted molar refractivity (Wildman–Crippen MR) is 119 cm³/mol. The number of amides is 1. The number of aromatic nitrogens is 5. The first-order valence-corrected chi connectivity index (χ1v) is 10.7. The second kappa shape index (κ2) is 8.99. The lowest BCUT2D eigenvalue weighted by Gasteiger charge is -2.06. The topological polar surface area (TPSA) is 85.6 Å². The summed E-state index contributed by atoms with van der Waals surface area (Å²) in [4.78, 5) is 20.9. The predicted octanol–water partition coefficient (Wildman–Crippen LogP) is 4.62. The van der Waals surface area contributed by atoms with Crippen LogP contribution in [0.5, 0.6) is 0 Å². The van der Waals surface area contributed by atoms with Gasteiger partial charge in [0.15, 0.2) is 11.2 Å². The van der Waals surface area contributed by atoms with Crippen molar-refractivity contribution in [3.63, 3.8) is 0 Å². The molecular weight excluding hydrogens is 443 g/mol. The highest BCUT2D eigenvalue weighted by atomic mass is 35.5. The number of nitrogens with zero attached hydrogens (tertiary/aromatic N) is 5. The highest BCUT2D eigenvalue weighted by Crippen LogP contribution is 2.26. The number of benzene rings is 2. The summed E-state index contributed by atoms with van der Waals surface area (Å²) in [5.41, 5.74) is 4.06. The van der Waals surface area contributed by atoms with E-state index in [1.54, 1.807) is 22.9 Å². The van der Waals surface area contributed by atoms with Gasteiger partial charge in [0.2, 0.25) is 5.91 Å². The normalized spacial score (nSPS) is 11.0. The van der Waals surface area contributed by atoms with Gasteiger partial charge in [-0.05, 0) is 30.7 Å². The Morgan fingerprint density at radius 1 is 1.10 bits per heavy atom. The molecule has 0 aliphatic rings. The van der Waals surface area contributed by atoms with Crippen molar-refractivity contribution in [1.29, 1.82) is 0 Å². The van der Waals surface area contributed by atoms with E-state index in [0.717, 1.165) is 5.56 Å². The number of hydrogen-bond acceptors (Lipinski definition) is 6. The van der Waals surface area contributed by atoms with Crippen LogP contribution in [0.25, 0.3) is 11.2 Å². The Morgan fingerprint density at radius 3 is 2.67 bits per heavy atom. The van der Waals surface area contributed by atoms with Gasteiger partial charge >= 0.3 is 0 Å². The number of aryl methyl sites for hydroxylation is 1. The fraction of sp³-hybridized carbons (Fsp3) is 0.150. The summed E-state index contributed by atoms with van der Waals surface area (Å²) >= 11 is 13.1. The minimum atomic E-state index is -0.197. The zero-order valence-electron chi connectivity index (χ0n) is 15.8. The Morgan fingerprint density at radius 2 is 1.90 bits per heavy atom. The highest BCUT2D eigenvalue weighted by Gasteiger charge is 2.14. The van der Waals surface area contributed by atoms with Crippen molar-refractivity contribution >= 4 is 57.7 Å². The number of rotatable bonds is 6. The number of nitrogens with one attached hydrogen (secondary N) is 1. The molecule has 0 radical (unpaired) electrons. The lowest BCUT2D eigenvalue weighted by Crippen LogP contribution is -2.14. The molecule has 4 rings (SSSR count). The molecule has 30 heavy (non-hydrogen) atoms. The van der Waals surface area contributed by atoms with E-state index in [1.165, 1.54) is 23.7 Å². The lowest BCUT2D eigenvalue weighted by atomic mass is 10.1. The third kappa shape index (κ3) is 4.72. The van der Waals surface area contributed by atoms with Crippen molar-refractivity contribution in [3.8, 4) is 0 Å². The molecule has 2 aromatic carbocycles. The Bertz CT molecular complexity index is 1210. The standard InChI is InChI=1S/C20H16Cl2N6OS/c1-12-2-4-13(5-3-12)9-28-19-18(26-27-28)20(24-11-23-19)30-10-17(29)25-14-6-7-15(21)16(22)8-14/h2-8,11H,9-10H2,1H3,(H,25,29). The van der Waals surface area contributed by atoms with Crippen molar-refractivity contribution in [2.45, 2.75) is 18.5 Å². The molecule has 0 atom stereocenters. The number of hydrogen-bond donors (Lipinski definition) is 1. The van der Waals surface area contributed by atoms with Crippen molar-refractivity contribution in [3.05, 3.63) is 70.0 Å². The summed E-state index contributed by atoms with van der Waals surface area (Å²) in [6, 6.07) is 13.1. The Hall–Kier alpha value is -2.68. The third-order valence-electron chi connectivity index (χ3n) is 4.26. The van der Waals surface area contributed by atoms with Crippen LogP contribution in [0.1, 0.15) is 11.1 Å². The van der Waals surface area contributed by atoms with Gasteiger partial charge in [-0.25, -0.2) is 14.6 Å².